The van der Waals surface area contributed by atoms with Crippen molar-refractivity contribution in [2.45, 2.75) is 51.7 Å². The van der Waals surface area contributed by atoms with E-state index < -0.39 is 6.10 Å². The third-order valence-electron chi connectivity index (χ3n) is 3.13. The lowest BCUT2D eigenvalue weighted by Crippen LogP contribution is -2.34. The molecule has 0 fully saturated rings. The monoisotopic (exact) mass is 220 g/mol. The lowest BCUT2D eigenvalue weighted by atomic mass is 9.89. The second-order valence-corrected chi connectivity index (χ2v) is 5.53. The molecule has 88 valence electrons. The Hall–Kier alpha value is -1.02. The molecule has 2 nitrogen and oxygen atoms in total. The van der Waals surface area contributed by atoms with Gasteiger partial charge < -0.3 is 9.84 Å². The summed E-state index contributed by atoms with van der Waals surface area (Å²) in [5.41, 5.74) is 1.91. The zero-order valence-electron chi connectivity index (χ0n) is 10.4. The molecule has 2 heteroatoms. The molecule has 1 aliphatic heterocycles. The molecule has 0 bridgehead atoms. The van der Waals surface area contributed by atoms with Gasteiger partial charge in [-0.25, -0.2) is 0 Å². The van der Waals surface area contributed by atoms with Gasteiger partial charge in [-0.2, -0.15) is 0 Å². The predicted molar refractivity (Wildman–Crippen MR) is 64.8 cm³/mol. The fraction of sp³-hybridized carbons (Fsp3) is 0.571. The Kier molecular flexibility index (Phi) is 2.70. The first-order valence-corrected chi connectivity index (χ1v) is 5.90. The number of benzene rings is 1. The van der Waals surface area contributed by atoms with Crippen molar-refractivity contribution in [1.29, 1.82) is 0 Å². The molecule has 1 atom stereocenters. The highest BCUT2D eigenvalue weighted by Crippen LogP contribution is 2.40. The van der Waals surface area contributed by atoms with E-state index in [0.29, 0.717) is 12.3 Å². The SMILES string of the molecule is CC(C)c1ccc2c(c1)C(O)CC(C)(C)O2. The number of aliphatic hydroxyl groups is 1. The smallest absolute Gasteiger partial charge is 0.125 e. The molecule has 0 saturated carbocycles. The Morgan fingerprint density at radius 2 is 2.06 bits per heavy atom. The Balaban J connectivity index is 2.41. The van der Waals surface area contributed by atoms with Gasteiger partial charge in [-0.05, 0) is 37.5 Å². The maximum Gasteiger partial charge on any atom is 0.125 e. The van der Waals surface area contributed by atoms with Gasteiger partial charge in [0.1, 0.15) is 11.4 Å². The minimum absolute atomic E-state index is 0.272. The second kappa shape index (κ2) is 3.77. The van der Waals surface area contributed by atoms with Crippen molar-refractivity contribution in [3.05, 3.63) is 29.3 Å². The Morgan fingerprint density at radius 3 is 2.69 bits per heavy atom. The predicted octanol–water partition coefficient (Wildman–Crippen LogP) is 3.40. The van der Waals surface area contributed by atoms with Crippen molar-refractivity contribution < 1.29 is 9.84 Å². The zero-order valence-corrected chi connectivity index (χ0v) is 10.4. The first kappa shape index (κ1) is 11.5. The van der Waals surface area contributed by atoms with E-state index in [4.69, 9.17) is 4.74 Å². The fourth-order valence-corrected chi connectivity index (χ4v) is 2.19. The van der Waals surface area contributed by atoms with Gasteiger partial charge in [-0.3, -0.25) is 0 Å². The van der Waals surface area contributed by atoms with Crippen LogP contribution in [0.4, 0.5) is 0 Å². The summed E-state index contributed by atoms with van der Waals surface area (Å²) in [6.07, 6.45) is 0.249. The highest BCUT2D eigenvalue weighted by molar-refractivity contribution is 5.41. The normalized spacial score (nSPS) is 22.8. The average molecular weight is 220 g/mol. The van der Waals surface area contributed by atoms with Crippen LogP contribution in [-0.2, 0) is 0 Å². The van der Waals surface area contributed by atoms with Crippen molar-refractivity contribution >= 4 is 0 Å². The lowest BCUT2D eigenvalue weighted by molar-refractivity contribution is 0.0115. The molecule has 0 amide bonds. The minimum atomic E-state index is -0.405. The summed E-state index contributed by atoms with van der Waals surface area (Å²) in [7, 11) is 0. The van der Waals surface area contributed by atoms with Crippen molar-refractivity contribution in [1.82, 2.24) is 0 Å². The summed E-state index contributed by atoms with van der Waals surface area (Å²) in [5, 5.41) is 10.1. The first-order valence-electron chi connectivity index (χ1n) is 5.90. The summed E-state index contributed by atoms with van der Waals surface area (Å²) in [6, 6.07) is 6.13. The van der Waals surface area contributed by atoms with Gasteiger partial charge in [-0.1, -0.05) is 19.9 Å². The van der Waals surface area contributed by atoms with Crippen molar-refractivity contribution in [2.24, 2.45) is 0 Å². The van der Waals surface area contributed by atoms with Crippen LogP contribution in [0.15, 0.2) is 18.2 Å². The average Bonchev–Trinajstić information content (AvgIpc) is 2.15. The van der Waals surface area contributed by atoms with Gasteiger partial charge in [0.05, 0.1) is 6.10 Å². The number of ether oxygens (including phenoxy) is 1. The standard InChI is InChI=1S/C14H20O2/c1-9(2)10-5-6-13-11(7-10)12(15)8-14(3,4)16-13/h5-7,9,12,15H,8H2,1-4H3. The largest absolute Gasteiger partial charge is 0.487 e. The quantitative estimate of drug-likeness (QED) is 0.786. The molecular formula is C14H20O2. The number of rotatable bonds is 1. The van der Waals surface area contributed by atoms with Gasteiger partial charge in [-0.15, -0.1) is 0 Å². The Bertz CT molecular complexity index is 394. The molecule has 2 rings (SSSR count). The van der Waals surface area contributed by atoms with Crippen LogP contribution in [0.2, 0.25) is 0 Å². The molecule has 0 spiro atoms. The number of hydrogen-bond donors (Lipinski definition) is 1. The summed E-state index contributed by atoms with van der Waals surface area (Å²) >= 11 is 0. The maximum atomic E-state index is 10.1. The van der Waals surface area contributed by atoms with Gasteiger partial charge in [0.25, 0.3) is 0 Å². The second-order valence-electron chi connectivity index (χ2n) is 5.53. The van der Waals surface area contributed by atoms with Crippen LogP contribution in [0.25, 0.3) is 0 Å². The van der Waals surface area contributed by atoms with Crippen LogP contribution in [0.3, 0.4) is 0 Å². The van der Waals surface area contributed by atoms with E-state index in [1.165, 1.54) is 5.56 Å². The van der Waals surface area contributed by atoms with Gasteiger partial charge in [0.2, 0.25) is 0 Å². The molecule has 0 aromatic heterocycles. The molecule has 0 radical (unpaired) electrons. The molecule has 0 aliphatic carbocycles. The Morgan fingerprint density at radius 1 is 1.38 bits per heavy atom. The molecule has 1 unspecified atom stereocenters. The fourth-order valence-electron chi connectivity index (χ4n) is 2.19. The van der Waals surface area contributed by atoms with Crippen LogP contribution in [0.1, 0.15) is 57.3 Å². The van der Waals surface area contributed by atoms with E-state index in [1.54, 1.807) is 0 Å². The van der Waals surface area contributed by atoms with Gasteiger partial charge >= 0.3 is 0 Å². The van der Waals surface area contributed by atoms with E-state index in [-0.39, 0.29) is 5.60 Å². The molecule has 1 aliphatic rings. The van der Waals surface area contributed by atoms with Crippen LogP contribution in [0.5, 0.6) is 5.75 Å². The topological polar surface area (TPSA) is 29.5 Å². The van der Waals surface area contributed by atoms with Gasteiger partial charge in [0.15, 0.2) is 0 Å². The lowest BCUT2D eigenvalue weighted by Gasteiger charge is -2.35. The molecule has 16 heavy (non-hydrogen) atoms. The van der Waals surface area contributed by atoms with E-state index >= 15 is 0 Å². The van der Waals surface area contributed by atoms with Crippen molar-refractivity contribution in [3.8, 4) is 5.75 Å². The van der Waals surface area contributed by atoms with E-state index in [9.17, 15) is 5.11 Å². The summed E-state index contributed by atoms with van der Waals surface area (Å²) in [4.78, 5) is 0. The highest BCUT2D eigenvalue weighted by atomic mass is 16.5. The summed E-state index contributed by atoms with van der Waals surface area (Å²) in [6.45, 7) is 8.33. The molecule has 1 aromatic carbocycles. The zero-order chi connectivity index (χ0) is 11.9. The minimum Gasteiger partial charge on any atom is -0.487 e. The van der Waals surface area contributed by atoms with Crippen molar-refractivity contribution in [2.75, 3.05) is 0 Å². The summed E-state index contributed by atoms with van der Waals surface area (Å²) in [5.74, 6) is 1.31. The van der Waals surface area contributed by atoms with Crippen LogP contribution >= 0.6 is 0 Å². The molecule has 1 aromatic rings. The first-order chi connectivity index (χ1) is 7.39. The Labute approximate surface area is 97.3 Å². The van der Waals surface area contributed by atoms with Gasteiger partial charge in [0, 0.05) is 12.0 Å². The third kappa shape index (κ3) is 2.07. The third-order valence-corrected chi connectivity index (χ3v) is 3.13. The van der Waals surface area contributed by atoms with Crippen LogP contribution in [-0.4, -0.2) is 10.7 Å². The number of aliphatic hydroxyl groups excluding tert-OH is 1. The molecule has 1 heterocycles. The molecular weight excluding hydrogens is 200 g/mol. The summed E-state index contributed by atoms with van der Waals surface area (Å²) < 4.78 is 5.86. The highest BCUT2D eigenvalue weighted by Gasteiger charge is 2.32. The van der Waals surface area contributed by atoms with E-state index in [1.807, 2.05) is 19.9 Å². The van der Waals surface area contributed by atoms with E-state index in [0.717, 1.165) is 11.3 Å². The van der Waals surface area contributed by atoms with Crippen LogP contribution in [0, 0.1) is 0 Å². The molecule has 1 N–H and O–H groups in total. The molecule has 0 saturated heterocycles. The van der Waals surface area contributed by atoms with Crippen molar-refractivity contribution in [3.63, 3.8) is 0 Å². The van der Waals surface area contributed by atoms with Crippen LogP contribution < -0.4 is 4.74 Å². The number of hydrogen-bond acceptors (Lipinski definition) is 2. The van der Waals surface area contributed by atoms with E-state index in [2.05, 4.69) is 26.0 Å². The maximum absolute atomic E-state index is 10.1. The number of fused-ring (bicyclic) bond motifs is 1.